The zero-order valence-electron chi connectivity index (χ0n) is 9.78. The molecule has 0 spiro atoms. The predicted molar refractivity (Wildman–Crippen MR) is 58.0 cm³/mol. The van der Waals surface area contributed by atoms with E-state index in [1.165, 1.54) is 0 Å². The summed E-state index contributed by atoms with van der Waals surface area (Å²) in [6.45, 7) is 4.73. The fourth-order valence-electron chi connectivity index (χ4n) is 1.54. The molecular weight excluding hydrogens is 210 g/mol. The van der Waals surface area contributed by atoms with Crippen molar-refractivity contribution in [2.24, 2.45) is 11.3 Å². The molecule has 0 aromatic heterocycles. The topological polar surface area (TPSA) is 75.6 Å². The van der Waals surface area contributed by atoms with E-state index in [1.807, 2.05) is 0 Å². The highest BCUT2D eigenvalue weighted by atomic mass is 16.5. The molecule has 1 heterocycles. The highest BCUT2D eigenvalue weighted by Crippen LogP contribution is 2.27. The monoisotopic (exact) mass is 229 g/mol. The van der Waals surface area contributed by atoms with Crippen molar-refractivity contribution >= 4 is 11.9 Å². The number of rotatable bonds is 6. The highest BCUT2D eigenvalue weighted by Gasteiger charge is 2.53. The van der Waals surface area contributed by atoms with Crippen LogP contribution in [0.1, 0.15) is 26.7 Å². The number of carbonyl (C=O) groups is 2. The molecule has 0 saturated carbocycles. The first-order valence-electron chi connectivity index (χ1n) is 5.58. The molecule has 1 aliphatic heterocycles. The SMILES string of the molecule is CC(C)CCCNC(=O)C1(C(=O)O)COC1. The van der Waals surface area contributed by atoms with E-state index in [9.17, 15) is 9.59 Å². The van der Waals surface area contributed by atoms with Crippen LogP contribution in [0.2, 0.25) is 0 Å². The molecule has 1 rings (SSSR count). The van der Waals surface area contributed by atoms with Crippen LogP contribution in [-0.2, 0) is 14.3 Å². The van der Waals surface area contributed by atoms with Crippen LogP contribution in [0, 0.1) is 11.3 Å². The van der Waals surface area contributed by atoms with Gasteiger partial charge in [-0.3, -0.25) is 9.59 Å². The van der Waals surface area contributed by atoms with E-state index >= 15 is 0 Å². The molecule has 1 amide bonds. The van der Waals surface area contributed by atoms with Gasteiger partial charge in [0.25, 0.3) is 0 Å². The largest absolute Gasteiger partial charge is 0.480 e. The molecule has 0 radical (unpaired) electrons. The van der Waals surface area contributed by atoms with E-state index in [2.05, 4.69) is 19.2 Å². The van der Waals surface area contributed by atoms with E-state index in [1.54, 1.807) is 0 Å². The number of nitrogens with one attached hydrogen (secondary N) is 1. The van der Waals surface area contributed by atoms with Crippen molar-refractivity contribution in [3.05, 3.63) is 0 Å². The Morgan fingerprint density at radius 1 is 1.44 bits per heavy atom. The maximum Gasteiger partial charge on any atom is 0.324 e. The number of carboxylic acids is 1. The molecule has 0 unspecified atom stereocenters. The molecular formula is C11H19NO4. The highest BCUT2D eigenvalue weighted by molar-refractivity contribution is 6.03. The van der Waals surface area contributed by atoms with E-state index in [0.717, 1.165) is 12.8 Å². The van der Waals surface area contributed by atoms with E-state index < -0.39 is 17.3 Å². The third-order valence-corrected chi connectivity index (χ3v) is 2.78. The zero-order valence-corrected chi connectivity index (χ0v) is 9.78. The Labute approximate surface area is 95.2 Å². The van der Waals surface area contributed by atoms with Gasteiger partial charge < -0.3 is 15.2 Å². The molecule has 2 N–H and O–H groups in total. The average molecular weight is 229 g/mol. The van der Waals surface area contributed by atoms with Crippen molar-refractivity contribution in [3.8, 4) is 0 Å². The van der Waals surface area contributed by atoms with Gasteiger partial charge in [0.2, 0.25) is 5.91 Å². The molecule has 1 aliphatic rings. The van der Waals surface area contributed by atoms with Crippen LogP contribution in [0.5, 0.6) is 0 Å². The Morgan fingerprint density at radius 3 is 2.44 bits per heavy atom. The van der Waals surface area contributed by atoms with Crippen molar-refractivity contribution in [3.63, 3.8) is 0 Å². The summed E-state index contributed by atoms with van der Waals surface area (Å²) < 4.78 is 4.82. The van der Waals surface area contributed by atoms with Crippen molar-refractivity contribution in [1.82, 2.24) is 5.32 Å². The van der Waals surface area contributed by atoms with Crippen molar-refractivity contribution in [1.29, 1.82) is 0 Å². The summed E-state index contributed by atoms with van der Waals surface area (Å²) in [7, 11) is 0. The van der Waals surface area contributed by atoms with Gasteiger partial charge in [-0.15, -0.1) is 0 Å². The van der Waals surface area contributed by atoms with Crippen LogP contribution in [0.3, 0.4) is 0 Å². The summed E-state index contributed by atoms with van der Waals surface area (Å²) in [5.41, 5.74) is -1.34. The standard InChI is InChI=1S/C11H19NO4/c1-8(2)4-3-5-12-9(13)11(10(14)15)6-16-7-11/h8H,3-7H2,1-2H3,(H,12,13)(H,14,15). The number of hydrogen-bond donors (Lipinski definition) is 2. The lowest BCUT2D eigenvalue weighted by molar-refractivity contribution is -0.185. The third kappa shape index (κ3) is 2.72. The van der Waals surface area contributed by atoms with Gasteiger partial charge in [0, 0.05) is 6.54 Å². The molecule has 92 valence electrons. The smallest absolute Gasteiger partial charge is 0.324 e. The number of hydrogen-bond acceptors (Lipinski definition) is 3. The lowest BCUT2D eigenvalue weighted by Crippen LogP contribution is -2.59. The Balaban J connectivity index is 2.31. The average Bonchev–Trinajstić information content (AvgIpc) is 2.09. The molecule has 0 aromatic carbocycles. The van der Waals surface area contributed by atoms with Crippen molar-refractivity contribution < 1.29 is 19.4 Å². The summed E-state index contributed by atoms with van der Waals surface area (Å²) in [5, 5.41) is 11.6. The first kappa shape index (κ1) is 13.0. The summed E-state index contributed by atoms with van der Waals surface area (Å²) in [6, 6.07) is 0. The van der Waals surface area contributed by atoms with Crippen LogP contribution in [-0.4, -0.2) is 36.7 Å². The third-order valence-electron chi connectivity index (χ3n) is 2.78. The van der Waals surface area contributed by atoms with Crippen LogP contribution >= 0.6 is 0 Å². The molecule has 5 nitrogen and oxygen atoms in total. The second-order valence-electron chi connectivity index (χ2n) is 4.67. The van der Waals surface area contributed by atoms with Crippen LogP contribution in [0.4, 0.5) is 0 Å². The van der Waals surface area contributed by atoms with Gasteiger partial charge in [-0.25, -0.2) is 0 Å². The fraction of sp³-hybridized carbons (Fsp3) is 0.818. The molecule has 0 bridgehead atoms. The number of carbonyl (C=O) groups excluding carboxylic acids is 1. The van der Waals surface area contributed by atoms with Crippen LogP contribution in [0.15, 0.2) is 0 Å². The number of ether oxygens (including phenoxy) is 1. The van der Waals surface area contributed by atoms with Gasteiger partial charge in [0.1, 0.15) is 0 Å². The van der Waals surface area contributed by atoms with Crippen molar-refractivity contribution in [2.45, 2.75) is 26.7 Å². The Morgan fingerprint density at radius 2 is 2.06 bits per heavy atom. The molecule has 0 atom stereocenters. The minimum atomic E-state index is -1.34. The van der Waals surface area contributed by atoms with E-state index in [-0.39, 0.29) is 13.2 Å². The van der Waals surface area contributed by atoms with Gasteiger partial charge in [-0.1, -0.05) is 13.8 Å². The maximum atomic E-state index is 11.7. The van der Waals surface area contributed by atoms with Crippen LogP contribution in [0.25, 0.3) is 0 Å². The summed E-state index contributed by atoms with van der Waals surface area (Å²) in [5.74, 6) is -0.924. The molecule has 0 aliphatic carbocycles. The summed E-state index contributed by atoms with van der Waals surface area (Å²) >= 11 is 0. The quantitative estimate of drug-likeness (QED) is 0.517. The van der Waals surface area contributed by atoms with Gasteiger partial charge >= 0.3 is 5.97 Å². The van der Waals surface area contributed by atoms with Gasteiger partial charge in [0.05, 0.1) is 13.2 Å². The van der Waals surface area contributed by atoms with Gasteiger partial charge in [-0.05, 0) is 18.8 Å². The lowest BCUT2D eigenvalue weighted by atomic mass is 9.85. The Kier molecular flexibility index (Phi) is 4.29. The zero-order chi connectivity index (χ0) is 12.2. The summed E-state index contributed by atoms with van der Waals surface area (Å²) in [6.07, 6.45) is 1.90. The number of amides is 1. The number of carboxylic acid groups (broad SMARTS) is 1. The minimum absolute atomic E-state index is 0.0155. The Bertz CT molecular complexity index is 271. The first-order chi connectivity index (χ1) is 7.49. The lowest BCUT2D eigenvalue weighted by Gasteiger charge is -2.35. The molecule has 16 heavy (non-hydrogen) atoms. The second-order valence-corrected chi connectivity index (χ2v) is 4.67. The fourth-order valence-corrected chi connectivity index (χ4v) is 1.54. The molecule has 0 aromatic rings. The normalized spacial score (nSPS) is 17.9. The van der Waals surface area contributed by atoms with Gasteiger partial charge in [0.15, 0.2) is 5.41 Å². The Hall–Kier alpha value is -1.10. The number of aliphatic carboxylic acids is 1. The molecule has 1 saturated heterocycles. The predicted octanol–water partition coefficient (Wildman–Crippen LogP) is 0.640. The van der Waals surface area contributed by atoms with E-state index in [0.29, 0.717) is 12.5 Å². The van der Waals surface area contributed by atoms with Crippen LogP contribution < -0.4 is 5.32 Å². The minimum Gasteiger partial charge on any atom is -0.480 e. The maximum absolute atomic E-state index is 11.7. The van der Waals surface area contributed by atoms with E-state index in [4.69, 9.17) is 9.84 Å². The van der Waals surface area contributed by atoms with Crippen molar-refractivity contribution in [2.75, 3.05) is 19.8 Å². The molecule has 1 fully saturated rings. The first-order valence-corrected chi connectivity index (χ1v) is 5.58. The van der Waals surface area contributed by atoms with Gasteiger partial charge in [-0.2, -0.15) is 0 Å². The molecule has 5 heteroatoms. The summed E-state index contributed by atoms with van der Waals surface area (Å²) in [4.78, 5) is 22.6. The second kappa shape index (κ2) is 5.30.